The number of hydrazone groups is 1. The summed E-state index contributed by atoms with van der Waals surface area (Å²) in [6.07, 6.45) is 8.88. The van der Waals surface area contributed by atoms with Crippen LogP contribution in [-0.4, -0.2) is 21.4 Å². The number of hydrogen-bond acceptors (Lipinski definition) is 3. The molecule has 0 saturated heterocycles. The Hall–Kier alpha value is -4.19. The molecule has 1 aliphatic rings. The van der Waals surface area contributed by atoms with Gasteiger partial charge in [-0.05, 0) is 64.1 Å². The van der Waals surface area contributed by atoms with Gasteiger partial charge in [-0.1, -0.05) is 53.6 Å². The smallest absolute Gasteiger partial charge is 0.280 e. The van der Waals surface area contributed by atoms with Crippen molar-refractivity contribution in [3.05, 3.63) is 111 Å². The van der Waals surface area contributed by atoms with Gasteiger partial charge in [-0.25, -0.2) is 4.68 Å². The van der Waals surface area contributed by atoms with Crippen LogP contribution in [0.5, 0.6) is 0 Å². The van der Waals surface area contributed by atoms with Crippen molar-refractivity contribution in [2.75, 3.05) is 5.01 Å². The van der Waals surface area contributed by atoms with Gasteiger partial charge in [0, 0.05) is 5.69 Å². The van der Waals surface area contributed by atoms with E-state index in [1.807, 2.05) is 76.2 Å². The van der Waals surface area contributed by atoms with E-state index in [-0.39, 0.29) is 11.5 Å². The Balaban J connectivity index is 1.49. The molecule has 4 rings (SSSR count). The maximum absolute atomic E-state index is 12.8. The zero-order chi connectivity index (χ0) is 23.5. The van der Waals surface area contributed by atoms with E-state index in [0.717, 1.165) is 28.2 Å². The van der Waals surface area contributed by atoms with Gasteiger partial charge in [0.1, 0.15) is 0 Å². The second-order valence-corrected chi connectivity index (χ2v) is 8.09. The molecular weight excluding hydrogens is 412 g/mol. The van der Waals surface area contributed by atoms with Crippen molar-refractivity contribution in [1.82, 2.24) is 9.78 Å². The fourth-order valence-electron chi connectivity index (χ4n) is 3.57. The van der Waals surface area contributed by atoms with Crippen LogP contribution in [-0.2, 0) is 4.79 Å². The highest BCUT2D eigenvalue weighted by atomic mass is 16.2. The quantitative estimate of drug-likeness (QED) is 0.449. The van der Waals surface area contributed by atoms with Gasteiger partial charge >= 0.3 is 0 Å². The van der Waals surface area contributed by atoms with Crippen LogP contribution in [0.1, 0.15) is 29.3 Å². The number of aryl methyl sites for hydroxylation is 3. The first-order valence-corrected chi connectivity index (χ1v) is 10.8. The minimum absolute atomic E-state index is 0.109. The molecule has 6 heteroatoms. The SMILES string of the molecule is CC1=NN(c2ccc(C)cc2)C(=O)\C1=C/C=C/C=C/c1c(C)[nH]n(-c2ccc(C)cc2)c1=O. The summed E-state index contributed by atoms with van der Waals surface area (Å²) in [6, 6.07) is 15.4. The standard InChI is InChI=1S/C27H26N4O2/c1-18-10-14-22(15-11-18)30-26(32)24(20(3)28-30)8-6-5-7-9-25-21(4)29-31(27(25)33)23-16-12-19(2)13-17-23/h5-17,28H,1-4H3/b7-5+,8-6+,25-9-. The van der Waals surface area contributed by atoms with E-state index >= 15 is 0 Å². The highest BCUT2D eigenvalue weighted by molar-refractivity contribution is 6.29. The average molecular weight is 439 g/mol. The van der Waals surface area contributed by atoms with Gasteiger partial charge < -0.3 is 0 Å². The number of rotatable bonds is 5. The Morgan fingerprint density at radius 2 is 1.39 bits per heavy atom. The largest absolute Gasteiger partial charge is 0.295 e. The number of anilines is 1. The van der Waals surface area contributed by atoms with E-state index in [1.54, 1.807) is 30.4 Å². The van der Waals surface area contributed by atoms with Crippen LogP contribution in [0.25, 0.3) is 11.8 Å². The molecule has 0 aliphatic carbocycles. The third-order valence-electron chi connectivity index (χ3n) is 5.50. The molecule has 6 nitrogen and oxygen atoms in total. The third kappa shape index (κ3) is 4.55. The fourth-order valence-corrected chi connectivity index (χ4v) is 3.57. The molecule has 0 unspecified atom stereocenters. The molecule has 33 heavy (non-hydrogen) atoms. The summed E-state index contributed by atoms with van der Waals surface area (Å²) >= 11 is 0. The molecule has 1 amide bonds. The number of carbonyl (C=O) groups is 1. The van der Waals surface area contributed by atoms with Crippen molar-refractivity contribution < 1.29 is 4.79 Å². The van der Waals surface area contributed by atoms with Crippen molar-refractivity contribution in [2.24, 2.45) is 5.10 Å². The number of nitrogens with zero attached hydrogens (tertiary/aromatic N) is 3. The predicted molar refractivity (Wildman–Crippen MR) is 134 cm³/mol. The number of hydrogen-bond donors (Lipinski definition) is 1. The maximum atomic E-state index is 12.8. The number of amides is 1. The summed E-state index contributed by atoms with van der Waals surface area (Å²) in [5.41, 5.74) is 6.27. The van der Waals surface area contributed by atoms with Gasteiger partial charge in [0.25, 0.3) is 11.5 Å². The normalized spacial score (nSPS) is 15.4. The minimum atomic E-state index is -0.160. The monoisotopic (exact) mass is 438 g/mol. The lowest BCUT2D eigenvalue weighted by Gasteiger charge is -2.11. The number of nitrogens with one attached hydrogen (secondary N) is 1. The van der Waals surface area contributed by atoms with Crippen molar-refractivity contribution in [1.29, 1.82) is 0 Å². The molecule has 1 aliphatic heterocycles. The molecule has 0 spiro atoms. The Morgan fingerprint density at radius 3 is 2.03 bits per heavy atom. The summed E-state index contributed by atoms with van der Waals surface area (Å²) in [5, 5.41) is 8.93. The molecular formula is C27H26N4O2. The van der Waals surface area contributed by atoms with Crippen LogP contribution in [0.15, 0.2) is 88.3 Å². The number of aromatic nitrogens is 2. The van der Waals surface area contributed by atoms with Gasteiger partial charge in [-0.2, -0.15) is 10.1 Å². The van der Waals surface area contributed by atoms with Crippen LogP contribution in [0.3, 0.4) is 0 Å². The molecule has 2 heterocycles. The predicted octanol–water partition coefficient (Wildman–Crippen LogP) is 5.01. The van der Waals surface area contributed by atoms with Gasteiger partial charge in [-0.3, -0.25) is 14.7 Å². The van der Waals surface area contributed by atoms with Gasteiger partial charge in [0.15, 0.2) is 0 Å². The minimum Gasteiger partial charge on any atom is -0.295 e. The number of carbonyl (C=O) groups excluding carboxylic acids is 1. The van der Waals surface area contributed by atoms with Crippen molar-refractivity contribution in [2.45, 2.75) is 27.7 Å². The maximum Gasteiger partial charge on any atom is 0.280 e. The molecule has 3 aromatic rings. The van der Waals surface area contributed by atoms with E-state index < -0.39 is 0 Å². The lowest BCUT2D eigenvalue weighted by molar-refractivity contribution is -0.114. The van der Waals surface area contributed by atoms with Crippen LogP contribution in [0, 0.1) is 20.8 Å². The number of H-pyrrole nitrogens is 1. The topological polar surface area (TPSA) is 70.5 Å². The molecule has 0 saturated carbocycles. The van der Waals surface area contributed by atoms with E-state index in [9.17, 15) is 9.59 Å². The molecule has 1 aromatic heterocycles. The van der Waals surface area contributed by atoms with Crippen molar-refractivity contribution in [3.8, 4) is 5.69 Å². The number of allylic oxidation sites excluding steroid dienone is 4. The summed E-state index contributed by atoms with van der Waals surface area (Å²) in [4.78, 5) is 25.6. The molecule has 1 N–H and O–H groups in total. The molecule has 0 radical (unpaired) electrons. The fraction of sp³-hybridized carbons (Fsp3) is 0.148. The first-order valence-electron chi connectivity index (χ1n) is 10.8. The average Bonchev–Trinajstić information content (AvgIpc) is 3.24. The highest BCUT2D eigenvalue weighted by Crippen LogP contribution is 2.23. The molecule has 0 fully saturated rings. The summed E-state index contributed by atoms with van der Waals surface area (Å²) < 4.78 is 1.54. The van der Waals surface area contributed by atoms with Gasteiger partial charge in [0.05, 0.1) is 28.2 Å². The Kier molecular flexibility index (Phi) is 6.09. The van der Waals surface area contributed by atoms with E-state index in [4.69, 9.17) is 0 Å². The number of aromatic amines is 1. The van der Waals surface area contributed by atoms with Crippen molar-refractivity contribution >= 4 is 23.4 Å². The van der Waals surface area contributed by atoms with Crippen LogP contribution in [0.4, 0.5) is 5.69 Å². The summed E-state index contributed by atoms with van der Waals surface area (Å²) in [6.45, 7) is 7.70. The second kappa shape index (κ2) is 9.12. The highest BCUT2D eigenvalue weighted by Gasteiger charge is 2.27. The Morgan fingerprint density at radius 1 is 0.788 bits per heavy atom. The van der Waals surface area contributed by atoms with Crippen LogP contribution in [0.2, 0.25) is 0 Å². The van der Waals surface area contributed by atoms with Crippen LogP contribution >= 0.6 is 0 Å². The molecule has 166 valence electrons. The van der Waals surface area contributed by atoms with Crippen LogP contribution < -0.4 is 10.6 Å². The molecule has 0 bridgehead atoms. The molecule has 0 atom stereocenters. The zero-order valence-electron chi connectivity index (χ0n) is 19.2. The molecule has 2 aromatic carbocycles. The lowest BCUT2D eigenvalue weighted by Crippen LogP contribution is -2.21. The first-order chi connectivity index (χ1) is 15.8. The summed E-state index contributed by atoms with van der Waals surface area (Å²) in [7, 11) is 0. The van der Waals surface area contributed by atoms with E-state index in [2.05, 4.69) is 10.2 Å². The zero-order valence-corrected chi connectivity index (χ0v) is 19.2. The lowest BCUT2D eigenvalue weighted by atomic mass is 10.1. The van der Waals surface area contributed by atoms with E-state index in [1.165, 1.54) is 9.69 Å². The first kappa shape index (κ1) is 22.0. The Labute approximate surface area is 192 Å². The van der Waals surface area contributed by atoms with Gasteiger partial charge in [0.2, 0.25) is 0 Å². The number of benzene rings is 2. The van der Waals surface area contributed by atoms with Gasteiger partial charge in [-0.15, -0.1) is 0 Å². The van der Waals surface area contributed by atoms with Crippen molar-refractivity contribution in [3.63, 3.8) is 0 Å². The third-order valence-corrected chi connectivity index (χ3v) is 5.50. The Bertz CT molecular complexity index is 1360. The summed E-state index contributed by atoms with van der Waals surface area (Å²) in [5.74, 6) is -0.160. The van der Waals surface area contributed by atoms with E-state index in [0.29, 0.717) is 16.8 Å². The second-order valence-electron chi connectivity index (χ2n) is 8.09.